The number of nitrogens with zero attached hydrogens (tertiary/aromatic N) is 3. The summed E-state index contributed by atoms with van der Waals surface area (Å²) in [5, 5.41) is 4.55. The van der Waals surface area contributed by atoms with Gasteiger partial charge in [0.15, 0.2) is 0 Å². The Morgan fingerprint density at radius 2 is 1.96 bits per heavy atom. The van der Waals surface area contributed by atoms with Crippen LogP contribution in [-0.4, -0.2) is 15.8 Å². The smallest absolute Gasteiger partial charge is 0.262 e. The van der Waals surface area contributed by atoms with Gasteiger partial charge in [0.05, 0.1) is 17.1 Å². The molecule has 1 heterocycles. The SMILES string of the molecule is CCn1c(N/N=C\c2ccccc2F)nc2ccccc2c1=O. The lowest BCUT2D eigenvalue weighted by atomic mass is 10.2. The highest BCUT2D eigenvalue weighted by Crippen LogP contribution is 2.11. The van der Waals surface area contributed by atoms with Gasteiger partial charge in [0.1, 0.15) is 5.82 Å². The number of halogens is 1. The van der Waals surface area contributed by atoms with Crippen LogP contribution < -0.4 is 11.0 Å². The molecule has 0 fully saturated rings. The van der Waals surface area contributed by atoms with Crippen LogP contribution in [0.4, 0.5) is 10.3 Å². The molecule has 116 valence electrons. The average molecular weight is 310 g/mol. The zero-order valence-corrected chi connectivity index (χ0v) is 12.5. The molecule has 0 aliphatic carbocycles. The summed E-state index contributed by atoms with van der Waals surface area (Å²) in [6.45, 7) is 2.30. The summed E-state index contributed by atoms with van der Waals surface area (Å²) in [6.07, 6.45) is 1.36. The fourth-order valence-corrected chi connectivity index (χ4v) is 2.29. The van der Waals surface area contributed by atoms with Gasteiger partial charge in [-0.3, -0.25) is 9.36 Å². The van der Waals surface area contributed by atoms with Gasteiger partial charge in [-0.1, -0.05) is 30.3 Å². The number of aromatic nitrogens is 2. The Bertz CT molecular complexity index is 933. The van der Waals surface area contributed by atoms with Gasteiger partial charge in [-0.25, -0.2) is 14.8 Å². The number of hydrazone groups is 1. The quantitative estimate of drug-likeness (QED) is 0.595. The van der Waals surface area contributed by atoms with Crippen molar-refractivity contribution in [2.75, 3.05) is 5.43 Å². The van der Waals surface area contributed by atoms with E-state index in [9.17, 15) is 9.18 Å². The van der Waals surface area contributed by atoms with E-state index in [0.29, 0.717) is 29.0 Å². The number of benzene rings is 2. The van der Waals surface area contributed by atoms with Gasteiger partial charge in [0, 0.05) is 12.1 Å². The predicted octanol–water partition coefficient (Wildman–Crippen LogP) is 3.00. The molecule has 0 spiro atoms. The first-order valence-electron chi connectivity index (χ1n) is 7.24. The molecule has 6 heteroatoms. The maximum absolute atomic E-state index is 13.5. The fraction of sp³-hybridized carbons (Fsp3) is 0.118. The highest BCUT2D eigenvalue weighted by molar-refractivity contribution is 5.81. The molecule has 23 heavy (non-hydrogen) atoms. The lowest BCUT2D eigenvalue weighted by molar-refractivity contribution is 0.626. The number of nitrogens with one attached hydrogen (secondary N) is 1. The Hall–Kier alpha value is -3.02. The van der Waals surface area contributed by atoms with Gasteiger partial charge in [-0.05, 0) is 25.1 Å². The number of para-hydroxylation sites is 1. The fourth-order valence-electron chi connectivity index (χ4n) is 2.29. The van der Waals surface area contributed by atoms with E-state index in [1.165, 1.54) is 16.8 Å². The number of hydrogen-bond donors (Lipinski definition) is 1. The van der Waals surface area contributed by atoms with Crippen molar-refractivity contribution in [3.63, 3.8) is 0 Å². The lowest BCUT2D eigenvalue weighted by Crippen LogP contribution is -2.23. The number of anilines is 1. The van der Waals surface area contributed by atoms with Crippen LogP contribution in [0.1, 0.15) is 12.5 Å². The second kappa shape index (κ2) is 6.39. The van der Waals surface area contributed by atoms with E-state index in [0.717, 1.165) is 0 Å². The van der Waals surface area contributed by atoms with E-state index in [4.69, 9.17) is 0 Å². The van der Waals surface area contributed by atoms with Crippen molar-refractivity contribution in [3.8, 4) is 0 Å². The van der Waals surface area contributed by atoms with Crippen LogP contribution in [-0.2, 0) is 6.54 Å². The van der Waals surface area contributed by atoms with Gasteiger partial charge < -0.3 is 0 Å². The van der Waals surface area contributed by atoms with Gasteiger partial charge in [0.2, 0.25) is 5.95 Å². The molecule has 0 amide bonds. The standard InChI is InChI=1S/C17H15FN4O/c1-2-22-16(23)13-8-4-6-10-15(13)20-17(22)21-19-11-12-7-3-5-9-14(12)18/h3-11H,2H2,1H3,(H,20,21)/b19-11-. The van der Waals surface area contributed by atoms with Gasteiger partial charge in [-0.2, -0.15) is 5.10 Å². The topological polar surface area (TPSA) is 59.3 Å². The molecule has 1 N–H and O–H groups in total. The Morgan fingerprint density at radius 1 is 1.22 bits per heavy atom. The van der Waals surface area contributed by atoms with Gasteiger partial charge in [0.25, 0.3) is 5.56 Å². The normalized spacial score (nSPS) is 11.2. The summed E-state index contributed by atoms with van der Waals surface area (Å²) in [5.74, 6) is -0.0406. The maximum Gasteiger partial charge on any atom is 0.262 e. The lowest BCUT2D eigenvalue weighted by Gasteiger charge is -2.10. The van der Waals surface area contributed by atoms with Crippen molar-refractivity contribution >= 4 is 23.1 Å². The molecule has 2 aromatic carbocycles. The second-order valence-electron chi connectivity index (χ2n) is 4.89. The first-order chi connectivity index (χ1) is 11.2. The number of rotatable bonds is 4. The first kappa shape index (κ1) is 14.9. The predicted molar refractivity (Wildman–Crippen MR) is 89.3 cm³/mol. The van der Waals surface area contributed by atoms with E-state index >= 15 is 0 Å². The molecule has 5 nitrogen and oxygen atoms in total. The molecule has 0 saturated carbocycles. The van der Waals surface area contributed by atoms with Crippen molar-refractivity contribution in [2.24, 2.45) is 5.10 Å². The number of fused-ring (bicyclic) bond motifs is 1. The Morgan fingerprint density at radius 3 is 2.74 bits per heavy atom. The van der Waals surface area contributed by atoms with Crippen LogP contribution in [0.15, 0.2) is 58.4 Å². The van der Waals surface area contributed by atoms with Crippen LogP contribution in [0.3, 0.4) is 0 Å². The molecule has 3 aromatic rings. The van der Waals surface area contributed by atoms with Gasteiger partial charge in [-0.15, -0.1) is 0 Å². The Labute approximate surface area is 132 Å². The molecule has 0 aliphatic heterocycles. The zero-order chi connectivity index (χ0) is 16.2. The summed E-state index contributed by atoms with van der Waals surface area (Å²) in [4.78, 5) is 16.8. The second-order valence-corrected chi connectivity index (χ2v) is 4.89. The molecular weight excluding hydrogens is 295 g/mol. The molecule has 3 rings (SSSR count). The Balaban J connectivity index is 1.97. The summed E-state index contributed by atoms with van der Waals surface area (Å²) in [7, 11) is 0. The molecule has 0 atom stereocenters. The summed E-state index contributed by atoms with van der Waals surface area (Å²) < 4.78 is 15.0. The molecule has 0 unspecified atom stereocenters. The average Bonchev–Trinajstić information content (AvgIpc) is 2.57. The summed E-state index contributed by atoms with van der Waals surface area (Å²) in [5.41, 5.74) is 3.53. The highest BCUT2D eigenvalue weighted by Gasteiger charge is 2.08. The van der Waals surface area contributed by atoms with E-state index in [1.54, 1.807) is 36.4 Å². The zero-order valence-electron chi connectivity index (χ0n) is 12.5. The minimum atomic E-state index is -0.364. The monoisotopic (exact) mass is 310 g/mol. The molecule has 0 saturated heterocycles. The summed E-state index contributed by atoms with van der Waals surface area (Å²) >= 11 is 0. The van der Waals surface area contributed by atoms with E-state index in [-0.39, 0.29) is 11.4 Å². The number of hydrogen-bond acceptors (Lipinski definition) is 4. The third-order valence-corrected chi connectivity index (χ3v) is 3.45. The van der Waals surface area contributed by atoms with Crippen molar-refractivity contribution in [1.29, 1.82) is 0 Å². The molecular formula is C17H15FN4O. The van der Waals surface area contributed by atoms with Crippen LogP contribution in [0, 0.1) is 5.82 Å². The van der Waals surface area contributed by atoms with Crippen LogP contribution in [0.2, 0.25) is 0 Å². The van der Waals surface area contributed by atoms with Crippen molar-refractivity contribution in [1.82, 2.24) is 9.55 Å². The van der Waals surface area contributed by atoms with Crippen molar-refractivity contribution in [2.45, 2.75) is 13.5 Å². The van der Waals surface area contributed by atoms with Crippen LogP contribution in [0.25, 0.3) is 10.9 Å². The van der Waals surface area contributed by atoms with Crippen LogP contribution >= 0.6 is 0 Å². The van der Waals surface area contributed by atoms with E-state index in [1.807, 2.05) is 13.0 Å². The van der Waals surface area contributed by atoms with Crippen molar-refractivity contribution < 1.29 is 4.39 Å². The highest BCUT2D eigenvalue weighted by atomic mass is 19.1. The molecule has 1 aromatic heterocycles. The third kappa shape index (κ3) is 2.96. The van der Waals surface area contributed by atoms with Gasteiger partial charge >= 0.3 is 0 Å². The maximum atomic E-state index is 13.5. The molecule has 0 bridgehead atoms. The largest absolute Gasteiger partial charge is 0.277 e. The first-order valence-corrected chi connectivity index (χ1v) is 7.24. The minimum Gasteiger partial charge on any atom is -0.277 e. The molecule has 0 radical (unpaired) electrons. The van der Waals surface area contributed by atoms with E-state index < -0.39 is 0 Å². The Kier molecular flexibility index (Phi) is 4.14. The van der Waals surface area contributed by atoms with Crippen molar-refractivity contribution in [3.05, 3.63) is 70.3 Å². The third-order valence-electron chi connectivity index (χ3n) is 3.45. The minimum absolute atomic E-state index is 0.137. The summed E-state index contributed by atoms with van der Waals surface area (Å²) in [6, 6.07) is 13.4. The van der Waals surface area contributed by atoms with Crippen LogP contribution in [0.5, 0.6) is 0 Å². The van der Waals surface area contributed by atoms with E-state index in [2.05, 4.69) is 15.5 Å². The molecule has 0 aliphatic rings.